The first-order chi connectivity index (χ1) is 15.3. The maximum Gasteiger partial charge on any atom is 0.275 e. The fourth-order valence-electron chi connectivity index (χ4n) is 2.80. The van der Waals surface area contributed by atoms with Gasteiger partial charge in [-0.3, -0.25) is 15.0 Å². The molecule has 0 spiro atoms. The lowest BCUT2D eigenvalue weighted by Crippen LogP contribution is -2.54. The Morgan fingerprint density at radius 2 is 1.64 bits per heavy atom. The summed E-state index contributed by atoms with van der Waals surface area (Å²) in [7, 11) is 0. The summed E-state index contributed by atoms with van der Waals surface area (Å²) in [5.41, 5.74) is 5.28. The van der Waals surface area contributed by atoms with Crippen LogP contribution >= 0.6 is 0 Å². The average molecular weight is 460 g/mol. The molecule has 9 heteroatoms. The van der Waals surface area contributed by atoms with Gasteiger partial charge in [0.1, 0.15) is 0 Å². The summed E-state index contributed by atoms with van der Waals surface area (Å²) in [6, 6.07) is 7.03. The van der Waals surface area contributed by atoms with Crippen molar-refractivity contribution in [3.05, 3.63) is 30.0 Å². The first-order valence-electron chi connectivity index (χ1n) is 11.2. The van der Waals surface area contributed by atoms with Gasteiger partial charge in [0, 0.05) is 24.1 Å². The van der Waals surface area contributed by atoms with Crippen LogP contribution in [-0.2, 0) is 9.53 Å². The molecular weight excluding hydrogens is 422 g/mol. The Labute approximate surface area is 195 Å². The van der Waals surface area contributed by atoms with Crippen LogP contribution in [0.2, 0.25) is 0 Å². The highest BCUT2D eigenvalue weighted by Gasteiger charge is 2.28. The fraction of sp³-hybridized carbons (Fsp3) is 0.583. The molecule has 0 aliphatic rings. The summed E-state index contributed by atoms with van der Waals surface area (Å²) in [5, 5.41) is 12.9. The number of hydrazine groups is 1. The molecule has 0 fully saturated rings. The van der Waals surface area contributed by atoms with Crippen molar-refractivity contribution in [2.24, 2.45) is 5.41 Å². The Balaban J connectivity index is 1.90. The summed E-state index contributed by atoms with van der Waals surface area (Å²) >= 11 is 0. The quantitative estimate of drug-likeness (QED) is 0.402. The van der Waals surface area contributed by atoms with Gasteiger partial charge in [-0.05, 0) is 45.7 Å². The van der Waals surface area contributed by atoms with Crippen LogP contribution in [-0.4, -0.2) is 51.2 Å². The van der Waals surface area contributed by atoms with Crippen molar-refractivity contribution < 1.29 is 19.4 Å². The smallest absolute Gasteiger partial charge is 0.275 e. The lowest BCUT2D eigenvalue weighted by Gasteiger charge is -2.33. The molecule has 4 N–H and O–H groups in total. The molecule has 0 aliphatic carbocycles. The van der Waals surface area contributed by atoms with Gasteiger partial charge in [0.15, 0.2) is 5.69 Å². The average Bonchev–Trinajstić information content (AvgIpc) is 2.74. The SMILES string of the molecule is CCC(C)(CNC(=O)c1nc2ccccc2nc1O)OCCC(C)(C)NNC(=O)C(C)(C)C. The van der Waals surface area contributed by atoms with E-state index in [4.69, 9.17) is 4.74 Å². The molecule has 0 saturated heterocycles. The number of hydrogen-bond acceptors (Lipinski definition) is 7. The van der Waals surface area contributed by atoms with Crippen LogP contribution in [0.4, 0.5) is 0 Å². The van der Waals surface area contributed by atoms with Crippen molar-refractivity contribution in [3.8, 4) is 5.88 Å². The van der Waals surface area contributed by atoms with Crippen LogP contribution < -0.4 is 16.2 Å². The number of aromatic hydroxyl groups is 1. The third-order valence-electron chi connectivity index (χ3n) is 5.51. The largest absolute Gasteiger partial charge is 0.492 e. The molecule has 1 aromatic heterocycles. The maximum absolute atomic E-state index is 12.7. The molecule has 2 rings (SSSR count). The van der Waals surface area contributed by atoms with Gasteiger partial charge >= 0.3 is 0 Å². The molecule has 1 heterocycles. The first-order valence-corrected chi connectivity index (χ1v) is 11.2. The molecular formula is C24H37N5O4. The summed E-state index contributed by atoms with van der Waals surface area (Å²) in [6.45, 7) is 14.1. The predicted molar refractivity (Wildman–Crippen MR) is 128 cm³/mol. The van der Waals surface area contributed by atoms with Crippen LogP contribution in [0.3, 0.4) is 0 Å². The number of benzene rings is 1. The van der Waals surface area contributed by atoms with E-state index in [-0.39, 0.29) is 23.7 Å². The van der Waals surface area contributed by atoms with Crippen LogP contribution in [0.15, 0.2) is 24.3 Å². The van der Waals surface area contributed by atoms with Gasteiger partial charge in [-0.2, -0.15) is 0 Å². The third kappa shape index (κ3) is 7.64. The van der Waals surface area contributed by atoms with E-state index in [2.05, 4.69) is 26.1 Å². The van der Waals surface area contributed by atoms with Gasteiger partial charge in [-0.15, -0.1) is 0 Å². The molecule has 182 valence electrons. The van der Waals surface area contributed by atoms with Gasteiger partial charge in [0.25, 0.3) is 5.91 Å². The van der Waals surface area contributed by atoms with Gasteiger partial charge in [-0.25, -0.2) is 15.4 Å². The molecule has 0 bridgehead atoms. The standard InChI is InChI=1S/C24H37N5O4/c1-8-24(7,33-14-13-23(5,6)29-28-21(32)22(2,3)4)15-25-19(30)18-20(31)27-17-12-10-9-11-16(17)26-18/h9-12,29H,8,13-15H2,1-7H3,(H,25,30)(H,27,31)(H,28,32). The van der Waals surface area contributed by atoms with E-state index in [1.165, 1.54) is 0 Å². The lowest BCUT2D eigenvalue weighted by atomic mass is 9.96. The van der Waals surface area contributed by atoms with Gasteiger partial charge in [0.05, 0.1) is 16.6 Å². The zero-order valence-electron chi connectivity index (χ0n) is 20.7. The van der Waals surface area contributed by atoms with Crippen LogP contribution in [0.25, 0.3) is 11.0 Å². The number of nitrogens with zero attached hydrogens (tertiary/aromatic N) is 2. The number of ether oxygens (including phenoxy) is 1. The fourth-order valence-corrected chi connectivity index (χ4v) is 2.80. The number of aromatic nitrogens is 2. The van der Waals surface area contributed by atoms with Crippen LogP contribution in [0.5, 0.6) is 5.88 Å². The van der Waals surface area contributed by atoms with E-state index in [0.29, 0.717) is 30.5 Å². The molecule has 9 nitrogen and oxygen atoms in total. The molecule has 1 unspecified atom stereocenters. The second kappa shape index (κ2) is 10.4. The number of para-hydroxylation sites is 2. The van der Waals surface area contributed by atoms with E-state index in [9.17, 15) is 14.7 Å². The highest BCUT2D eigenvalue weighted by Crippen LogP contribution is 2.20. The molecule has 1 atom stereocenters. The summed E-state index contributed by atoms with van der Waals surface area (Å²) in [5.74, 6) is -1.01. The zero-order valence-corrected chi connectivity index (χ0v) is 20.7. The lowest BCUT2D eigenvalue weighted by molar-refractivity contribution is -0.130. The second-order valence-electron chi connectivity index (χ2n) is 10.2. The molecule has 0 saturated carbocycles. The van der Waals surface area contributed by atoms with E-state index in [1.807, 2.05) is 48.5 Å². The van der Waals surface area contributed by atoms with Crippen molar-refractivity contribution >= 4 is 22.8 Å². The molecule has 0 aliphatic heterocycles. The third-order valence-corrected chi connectivity index (χ3v) is 5.51. The Bertz CT molecular complexity index is 986. The van der Waals surface area contributed by atoms with Crippen molar-refractivity contribution in [3.63, 3.8) is 0 Å². The van der Waals surface area contributed by atoms with Gasteiger partial charge in [-0.1, -0.05) is 39.8 Å². The molecule has 2 aromatic rings. The Kier molecular flexibility index (Phi) is 8.37. The van der Waals surface area contributed by atoms with E-state index in [0.717, 1.165) is 0 Å². The number of amides is 2. The number of hydrogen-bond donors (Lipinski definition) is 4. The topological polar surface area (TPSA) is 125 Å². The van der Waals surface area contributed by atoms with Gasteiger partial charge < -0.3 is 15.2 Å². The first kappa shape index (κ1) is 26.5. The number of fused-ring (bicyclic) bond motifs is 1. The Morgan fingerprint density at radius 1 is 1.03 bits per heavy atom. The van der Waals surface area contributed by atoms with Crippen molar-refractivity contribution in [1.82, 2.24) is 26.1 Å². The summed E-state index contributed by atoms with van der Waals surface area (Å²) < 4.78 is 6.11. The Morgan fingerprint density at radius 3 is 2.21 bits per heavy atom. The minimum atomic E-state index is -0.611. The zero-order chi connectivity index (χ0) is 24.9. The highest BCUT2D eigenvalue weighted by atomic mass is 16.5. The minimum absolute atomic E-state index is 0.0855. The number of carbonyl (C=O) groups is 2. The van der Waals surface area contributed by atoms with E-state index < -0.39 is 22.8 Å². The monoisotopic (exact) mass is 459 g/mol. The predicted octanol–water partition coefficient (Wildman–Crippen LogP) is 3.09. The number of nitrogens with one attached hydrogen (secondary N) is 3. The van der Waals surface area contributed by atoms with E-state index in [1.54, 1.807) is 24.3 Å². The normalized spacial score (nSPS) is 14.0. The summed E-state index contributed by atoms with van der Waals surface area (Å²) in [4.78, 5) is 33.0. The van der Waals surface area contributed by atoms with Crippen molar-refractivity contribution in [2.75, 3.05) is 13.2 Å². The second-order valence-corrected chi connectivity index (χ2v) is 10.2. The molecule has 1 aromatic carbocycles. The Hall–Kier alpha value is -2.78. The van der Waals surface area contributed by atoms with Crippen LogP contribution in [0.1, 0.15) is 71.8 Å². The summed E-state index contributed by atoms with van der Waals surface area (Å²) in [6.07, 6.45) is 1.30. The highest BCUT2D eigenvalue weighted by molar-refractivity contribution is 5.96. The molecule has 2 amide bonds. The van der Waals surface area contributed by atoms with Crippen LogP contribution in [0, 0.1) is 5.41 Å². The van der Waals surface area contributed by atoms with Crippen molar-refractivity contribution in [1.29, 1.82) is 0 Å². The minimum Gasteiger partial charge on any atom is -0.492 e. The maximum atomic E-state index is 12.7. The molecule has 0 radical (unpaired) electrons. The number of carbonyl (C=O) groups excluding carboxylic acids is 2. The number of rotatable bonds is 10. The van der Waals surface area contributed by atoms with Gasteiger partial charge in [0.2, 0.25) is 11.8 Å². The van der Waals surface area contributed by atoms with Crippen molar-refractivity contribution in [2.45, 2.75) is 72.4 Å². The van der Waals surface area contributed by atoms with E-state index >= 15 is 0 Å². The molecule has 33 heavy (non-hydrogen) atoms.